The summed E-state index contributed by atoms with van der Waals surface area (Å²) in [7, 11) is 0. The number of carbonyl (C=O) groups excluding carboxylic acids is 1. The van der Waals surface area contributed by atoms with Gasteiger partial charge in [0.1, 0.15) is 11.4 Å². The number of nitrogens with two attached hydrogens (primary N) is 1. The molecular weight excluding hydrogens is 209 g/mol. The summed E-state index contributed by atoms with van der Waals surface area (Å²) in [6, 6.07) is 5.70. The Morgan fingerprint density at radius 2 is 2.12 bits per heavy atom. The highest BCUT2D eigenvalue weighted by Gasteiger charge is 2.47. The summed E-state index contributed by atoms with van der Waals surface area (Å²) in [5.41, 5.74) is 5.55. The minimum Gasteiger partial charge on any atom is -0.453 e. The molecule has 0 spiro atoms. The number of halogens is 1. The first-order valence-electron chi connectivity index (χ1n) is 5.11. The number of rotatable bonds is 2. The van der Waals surface area contributed by atoms with Crippen LogP contribution in [-0.2, 0) is 0 Å². The van der Waals surface area contributed by atoms with Crippen molar-refractivity contribution in [3.63, 3.8) is 0 Å². The van der Waals surface area contributed by atoms with E-state index in [-0.39, 0.29) is 17.4 Å². The van der Waals surface area contributed by atoms with Crippen LogP contribution >= 0.6 is 0 Å². The molecule has 0 amide bonds. The minimum absolute atomic E-state index is 0.191. The van der Waals surface area contributed by atoms with Gasteiger partial charge in [-0.25, -0.2) is 4.39 Å². The van der Waals surface area contributed by atoms with Gasteiger partial charge in [-0.3, -0.25) is 4.79 Å². The molecule has 2 aromatic rings. The van der Waals surface area contributed by atoms with Crippen molar-refractivity contribution >= 4 is 16.8 Å². The third kappa shape index (κ3) is 1.34. The van der Waals surface area contributed by atoms with Gasteiger partial charge in [0, 0.05) is 5.39 Å². The molecule has 16 heavy (non-hydrogen) atoms. The highest BCUT2D eigenvalue weighted by atomic mass is 19.1. The molecule has 1 aromatic heterocycles. The van der Waals surface area contributed by atoms with Gasteiger partial charge in [-0.05, 0) is 37.1 Å². The molecule has 1 saturated carbocycles. The van der Waals surface area contributed by atoms with Gasteiger partial charge in [-0.1, -0.05) is 0 Å². The van der Waals surface area contributed by atoms with Crippen LogP contribution in [0.5, 0.6) is 0 Å². The number of hydrogen-bond donors (Lipinski definition) is 1. The molecule has 0 unspecified atom stereocenters. The first-order chi connectivity index (χ1) is 7.58. The molecule has 1 aliphatic carbocycles. The fourth-order valence-electron chi connectivity index (χ4n) is 1.73. The van der Waals surface area contributed by atoms with E-state index >= 15 is 0 Å². The van der Waals surface area contributed by atoms with Crippen LogP contribution in [0.25, 0.3) is 11.0 Å². The van der Waals surface area contributed by atoms with E-state index in [1.165, 1.54) is 18.2 Å². The Hall–Kier alpha value is -1.68. The second kappa shape index (κ2) is 2.92. The zero-order valence-electron chi connectivity index (χ0n) is 8.50. The summed E-state index contributed by atoms with van der Waals surface area (Å²) in [6.45, 7) is 0. The van der Waals surface area contributed by atoms with Gasteiger partial charge in [-0.15, -0.1) is 0 Å². The lowest BCUT2D eigenvalue weighted by atomic mass is 10.1. The van der Waals surface area contributed by atoms with Crippen LogP contribution < -0.4 is 5.73 Å². The zero-order chi connectivity index (χ0) is 11.3. The molecule has 2 N–H and O–H groups in total. The second-order valence-electron chi connectivity index (χ2n) is 4.28. The predicted octanol–water partition coefficient (Wildman–Crippen LogP) is 2.25. The number of carbonyl (C=O) groups is 1. The van der Waals surface area contributed by atoms with E-state index < -0.39 is 5.54 Å². The van der Waals surface area contributed by atoms with Crippen molar-refractivity contribution in [2.45, 2.75) is 18.4 Å². The van der Waals surface area contributed by atoms with Crippen LogP contribution in [-0.4, -0.2) is 11.3 Å². The molecule has 0 atom stereocenters. The summed E-state index contributed by atoms with van der Waals surface area (Å²) >= 11 is 0. The maximum Gasteiger partial charge on any atom is 0.217 e. The number of Topliss-reactive ketones (excluding diaryl/α,β-unsaturated/α-hetero) is 1. The van der Waals surface area contributed by atoms with Crippen LogP contribution in [0.1, 0.15) is 23.4 Å². The molecule has 1 aromatic carbocycles. The van der Waals surface area contributed by atoms with Gasteiger partial charge < -0.3 is 10.2 Å². The average Bonchev–Trinajstić information content (AvgIpc) is 2.87. The van der Waals surface area contributed by atoms with Crippen LogP contribution in [0.4, 0.5) is 4.39 Å². The van der Waals surface area contributed by atoms with Crippen LogP contribution in [0.3, 0.4) is 0 Å². The van der Waals surface area contributed by atoms with Crippen molar-refractivity contribution in [1.29, 1.82) is 0 Å². The number of hydrogen-bond acceptors (Lipinski definition) is 3. The lowest BCUT2D eigenvalue weighted by Crippen LogP contribution is -2.32. The average molecular weight is 219 g/mol. The van der Waals surface area contributed by atoms with Gasteiger partial charge in [-0.2, -0.15) is 0 Å². The number of ketones is 1. The summed E-state index contributed by atoms with van der Waals surface area (Å²) < 4.78 is 18.3. The second-order valence-corrected chi connectivity index (χ2v) is 4.28. The molecule has 82 valence electrons. The van der Waals surface area contributed by atoms with Gasteiger partial charge in [0.2, 0.25) is 5.78 Å². The summed E-state index contributed by atoms with van der Waals surface area (Å²) in [5, 5.41) is 0.590. The van der Waals surface area contributed by atoms with Crippen molar-refractivity contribution in [3.05, 3.63) is 35.8 Å². The lowest BCUT2D eigenvalue weighted by Gasteiger charge is -2.02. The first kappa shape index (κ1) is 9.54. The van der Waals surface area contributed by atoms with Gasteiger partial charge in [0.25, 0.3) is 0 Å². The Morgan fingerprint density at radius 1 is 1.38 bits per heavy atom. The predicted molar refractivity (Wildman–Crippen MR) is 56.7 cm³/mol. The van der Waals surface area contributed by atoms with Crippen molar-refractivity contribution in [2.75, 3.05) is 0 Å². The monoisotopic (exact) mass is 219 g/mol. The third-order valence-corrected chi connectivity index (χ3v) is 2.94. The molecule has 0 aliphatic heterocycles. The van der Waals surface area contributed by atoms with E-state index in [1.54, 1.807) is 6.07 Å². The van der Waals surface area contributed by atoms with E-state index in [0.717, 1.165) is 0 Å². The molecule has 1 aliphatic rings. The maximum absolute atomic E-state index is 12.9. The molecule has 1 fully saturated rings. The lowest BCUT2D eigenvalue weighted by molar-refractivity contribution is 0.0924. The molecule has 3 nitrogen and oxygen atoms in total. The van der Waals surface area contributed by atoms with Crippen molar-refractivity contribution in [3.8, 4) is 0 Å². The van der Waals surface area contributed by atoms with Gasteiger partial charge >= 0.3 is 0 Å². The fourth-order valence-corrected chi connectivity index (χ4v) is 1.73. The van der Waals surface area contributed by atoms with Crippen molar-refractivity contribution in [1.82, 2.24) is 0 Å². The Bertz CT molecular complexity index is 584. The molecule has 1 heterocycles. The van der Waals surface area contributed by atoms with E-state index in [0.29, 0.717) is 23.8 Å². The van der Waals surface area contributed by atoms with Crippen molar-refractivity contribution < 1.29 is 13.6 Å². The molecule has 4 heteroatoms. The van der Waals surface area contributed by atoms with E-state index in [1.807, 2.05) is 0 Å². The van der Waals surface area contributed by atoms with Crippen molar-refractivity contribution in [2.24, 2.45) is 5.73 Å². The Labute approximate surface area is 91.0 Å². The normalized spacial score (nSPS) is 17.6. The Kier molecular flexibility index (Phi) is 1.74. The Balaban J connectivity index is 2.08. The molecule has 0 radical (unpaired) electrons. The fraction of sp³-hybridized carbons (Fsp3) is 0.250. The molecule has 0 bridgehead atoms. The standard InChI is InChI=1S/C12H10FNO2/c13-8-1-2-9-7(5-8)6-10(16-9)11(15)12(14)3-4-12/h1-2,5-6H,3-4,14H2. The first-order valence-corrected chi connectivity index (χ1v) is 5.11. The number of fused-ring (bicyclic) bond motifs is 1. The van der Waals surface area contributed by atoms with Crippen LogP contribution in [0.2, 0.25) is 0 Å². The van der Waals surface area contributed by atoms with Crippen LogP contribution in [0.15, 0.2) is 28.7 Å². The summed E-state index contributed by atoms with van der Waals surface area (Å²) in [6.07, 6.45) is 1.38. The minimum atomic E-state index is -0.744. The summed E-state index contributed by atoms with van der Waals surface area (Å²) in [5.74, 6) is -0.314. The SMILES string of the molecule is NC1(C(=O)c2cc3cc(F)ccc3o2)CC1. The quantitative estimate of drug-likeness (QED) is 0.788. The molecule has 3 rings (SSSR count). The molecular formula is C12H10FNO2. The summed E-state index contributed by atoms with van der Waals surface area (Å²) in [4.78, 5) is 11.9. The smallest absolute Gasteiger partial charge is 0.217 e. The van der Waals surface area contributed by atoms with Gasteiger partial charge in [0.15, 0.2) is 5.76 Å². The van der Waals surface area contributed by atoms with Gasteiger partial charge in [0.05, 0.1) is 5.54 Å². The highest BCUT2D eigenvalue weighted by Crippen LogP contribution is 2.36. The Morgan fingerprint density at radius 3 is 2.81 bits per heavy atom. The van der Waals surface area contributed by atoms with E-state index in [2.05, 4.69) is 0 Å². The number of benzene rings is 1. The van der Waals surface area contributed by atoms with E-state index in [4.69, 9.17) is 10.2 Å². The van der Waals surface area contributed by atoms with E-state index in [9.17, 15) is 9.18 Å². The van der Waals surface area contributed by atoms with Crippen LogP contribution in [0, 0.1) is 5.82 Å². The third-order valence-electron chi connectivity index (χ3n) is 2.94. The highest BCUT2D eigenvalue weighted by molar-refractivity contribution is 6.05. The number of furan rings is 1. The molecule has 0 saturated heterocycles. The maximum atomic E-state index is 12.9. The largest absolute Gasteiger partial charge is 0.453 e. The zero-order valence-corrected chi connectivity index (χ0v) is 8.50. The topological polar surface area (TPSA) is 56.2 Å².